The second-order valence-electron chi connectivity index (χ2n) is 7.91. The summed E-state index contributed by atoms with van der Waals surface area (Å²) >= 11 is 0. The van der Waals surface area contributed by atoms with E-state index in [0.29, 0.717) is 23.4 Å². The number of nitrogens with zero attached hydrogens (tertiary/aromatic N) is 6. The smallest absolute Gasteiger partial charge is 0.382 e. The zero-order valence-corrected chi connectivity index (χ0v) is 19.5. The maximum Gasteiger partial charge on any atom is 0.433 e. The Bertz CT molecular complexity index is 1430. The van der Waals surface area contributed by atoms with Gasteiger partial charge in [0, 0.05) is 23.9 Å². The fourth-order valence-electron chi connectivity index (χ4n) is 3.31. The third-order valence-electron chi connectivity index (χ3n) is 5.20. The van der Waals surface area contributed by atoms with Crippen molar-refractivity contribution in [3.05, 3.63) is 95.6 Å². The minimum Gasteiger partial charge on any atom is -0.382 e. The topological polar surface area (TPSA) is 131 Å². The van der Waals surface area contributed by atoms with Gasteiger partial charge < -0.3 is 11.1 Å². The van der Waals surface area contributed by atoms with E-state index in [9.17, 15) is 18.0 Å². The summed E-state index contributed by atoms with van der Waals surface area (Å²) in [7, 11) is 0. The predicted octanol–water partition coefficient (Wildman–Crippen LogP) is 5.31. The molecule has 2 aromatic carbocycles. The number of nitrogens with two attached hydrogens (primary N) is 1. The second kappa shape index (κ2) is 10.9. The summed E-state index contributed by atoms with van der Waals surface area (Å²) in [4.78, 5) is 28.4. The van der Waals surface area contributed by atoms with E-state index < -0.39 is 23.9 Å². The number of nitrogens with one attached hydrogen (secondary N) is 1. The zero-order valence-electron chi connectivity index (χ0n) is 19.5. The van der Waals surface area contributed by atoms with Crippen LogP contribution in [-0.4, -0.2) is 25.8 Å². The van der Waals surface area contributed by atoms with E-state index in [1.165, 1.54) is 6.20 Å². The Kier molecular flexibility index (Phi) is 7.47. The number of alkyl halides is 3. The lowest BCUT2D eigenvalue weighted by Gasteiger charge is -2.11. The van der Waals surface area contributed by atoms with E-state index in [0.717, 1.165) is 17.8 Å². The number of anilines is 1. The van der Waals surface area contributed by atoms with Gasteiger partial charge in [-0.2, -0.15) is 18.3 Å². The number of amides is 1. The molecule has 1 amide bonds. The van der Waals surface area contributed by atoms with Crippen LogP contribution in [0.15, 0.2) is 83.3 Å². The molecule has 2 heterocycles. The Labute approximate surface area is 209 Å². The number of benzene rings is 2. The molecule has 0 fully saturated rings. The predicted molar refractivity (Wildman–Crippen MR) is 129 cm³/mol. The lowest BCUT2D eigenvalue weighted by Crippen LogP contribution is -2.22. The molecule has 37 heavy (non-hydrogen) atoms. The number of azo groups is 1. The lowest BCUT2D eigenvalue weighted by atomic mass is 10.1. The second-order valence-corrected chi connectivity index (χ2v) is 7.91. The SMILES string of the molecule is CC(N=Nc1nccc(C(F)(F)F)n1)c1nc(-c2cccc(C(=O)NCc3ccccc3)c2)cnc1N. The molecule has 4 rings (SSSR count). The van der Waals surface area contributed by atoms with Crippen molar-refractivity contribution in [2.24, 2.45) is 10.2 Å². The number of hydrogen-bond donors (Lipinski definition) is 2. The maximum atomic E-state index is 12.9. The Morgan fingerprint density at radius 2 is 1.84 bits per heavy atom. The van der Waals surface area contributed by atoms with Crippen LogP contribution in [0, 0.1) is 0 Å². The number of hydrogen-bond acceptors (Lipinski definition) is 8. The molecule has 0 aliphatic rings. The summed E-state index contributed by atoms with van der Waals surface area (Å²) in [5.41, 5.74) is 7.55. The van der Waals surface area contributed by atoms with Gasteiger partial charge in [-0.1, -0.05) is 42.5 Å². The van der Waals surface area contributed by atoms with Crippen LogP contribution in [0.1, 0.15) is 40.3 Å². The van der Waals surface area contributed by atoms with Gasteiger partial charge in [0.1, 0.15) is 23.2 Å². The van der Waals surface area contributed by atoms with Gasteiger partial charge in [0.2, 0.25) is 0 Å². The van der Waals surface area contributed by atoms with Crippen molar-refractivity contribution in [1.29, 1.82) is 0 Å². The van der Waals surface area contributed by atoms with Gasteiger partial charge in [-0.25, -0.2) is 19.9 Å². The molecule has 1 unspecified atom stereocenters. The van der Waals surface area contributed by atoms with E-state index in [2.05, 4.69) is 35.5 Å². The molecule has 4 aromatic rings. The highest BCUT2D eigenvalue weighted by Gasteiger charge is 2.32. The van der Waals surface area contributed by atoms with Crippen LogP contribution in [0.25, 0.3) is 11.3 Å². The molecule has 9 nitrogen and oxygen atoms in total. The molecule has 0 saturated heterocycles. The van der Waals surface area contributed by atoms with E-state index in [1.807, 2.05) is 30.3 Å². The van der Waals surface area contributed by atoms with Crippen LogP contribution >= 0.6 is 0 Å². The Balaban J connectivity index is 1.52. The largest absolute Gasteiger partial charge is 0.433 e. The molecule has 0 aliphatic carbocycles. The molecule has 1 atom stereocenters. The Morgan fingerprint density at radius 1 is 1.05 bits per heavy atom. The molecule has 188 valence electrons. The van der Waals surface area contributed by atoms with E-state index in [4.69, 9.17) is 5.73 Å². The summed E-state index contributed by atoms with van der Waals surface area (Å²) < 4.78 is 38.6. The first-order valence-corrected chi connectivity index (χ1v) is 11.1. The number of nitrogen functional groups attached to an aromatic ring is 1. The molecule has 0 saturated carbocycles. The van der Waals surface area contributed by atoms with E-state index >= 15 is 0 Å². The highest BCUT2D eigenvalue weighted by molar-refractivity contribution is 5.95. The number of rotatable bonds is 7. The molecule has 2 aromatic heterocycles. The summed E-state index contributed by atoms with van der Waals surface area (Å²) in [6, 6.07) is 16.3. The Hall–Kier alpha value is -4.74. The van der Waals surface area contributed by atoms with Crippen LogP contribution in [0.4, 0.5) is 24.9 Å². The van der Waals surface area contributed by atoms with Crippen LogP contribution in [0.5, 0.6) is 0 Å². The zero-order chi connectivity index (χ0) is 26.4. The van der Waals surface area contributed by atoms with Gasteiger partial charge in [-0.05, 0) is 30.7 Å². The van der Waals surface area contributed by atoms with Gasteiger partial charge in [0.05, 0.1) is 11.9 Å². The van der Waals surface area contributed by atoms with E-state index in [1.54, 1.807) is 31.2 Å². The molecule has 0 spiro atoms. The molecular weight excluding hydrogens is 485 g/mol. The van der Waals surface area contributed by atoms with Crippen LogP contribution in [0.2, 0.25) is 0 Å². The van der Waals surface area contributed by atoms with Crippen LogP contribution < -0.4 is 11.1 Å². The third kappa shape index (κ3) is 6.48. The number of carbonyl (C=O) groups is 1. The quantitative estimate of drug-likeness (QED) is 0.327. The average Bonchev–Trinajstić information content (AvgIpc) is 2.91. The summed E-state index contributed by atoms with van der Waals surface area (Å²) in [6.45, 7) is 1.99. The minimum absolute atomic E-state index is 0.0805. The molecule has 0 radical (unpaired) electrons. The lowest BCUT2D eigenvalue weighted by molar-refractivity contribution is -0.141. The maximum absolute atomic E-state index is 12.9. The first kappa shape index (κ1) is 25.4. The fraction of sp³-hybridized carbons (Fsp3) is 0.160. The Morgan fingerprint density at radius 3 is 2.59 bits per heavy atom. The highest BCUT2D eigenvalue weighted by atomic mass is 19.4. The monoisotopic (exact) mass is 506 g/mol. The van der Waals surface area contributed by atoms with Crippen molar-refractivity contribution in [3.63, 3.8) is 0 Å². The molecular formula is C25H21F3N8O. The summed E-state index contributed by atoms with van der Waals surface area (Å²) in [6.07, 6.45) is -2.22. The average molecular weight is 506 g/mol. The molecule has 3 N–H and O–H groups in total. The van der Waals surface area contributed by atoms with Crippen molar-refractivity contribution in [2.75, 3.05) is 5.73 Å². The van der Waals surface area contributed by atoms with Crippen molar-refractivity contribution < 1.29 is 18.0 Å². The number of aromatic nitrogens is 4. The third-order valence-corrected chi connectivity index (χ3v) is 5.20. The van der Waals surface area contributed by atoms with Gasteiger partial charge in [0.15, 0.2) is 0 Å². The van der Waals surface area contributed by atoms with Gasteiger partial charge in [-0.15, -0.1) is 5.11 Å². The van der Waals surface area contributed by atoms with Crippen molar-refractivity contribution >= 4 is 17.7 Å². The fourth-order valence-corrected chi connectivity index (χ4v) is 3.31. The summed E-state index contributed by atoms with van der Waals surface area (Å²) in [5.74, 6) is -0.618. The van der Waals surface area contributed by atoms with E-state index in [-0.39, 0.29) is 17.4 Å². The van der Waals surface area contributed by atoms with Crippen LogP contribution in [-0.2, 0) is 12.7 Å². The van der Waals surface area contributed by atoms with Crippen molar-refractivity contribution in [2.45, 2.75) is 25.7 Å². The minimum atomic E-state index is -4.63. The number of carbonyl (C=O) groups excluding carboxylic acids is 1. The van der Waals surface area contributed by atoms with Gasteiger partial charge in [-0.3, -0.25) is 4.79 Å². The van der Waals surface area contributed by atoms with Crippen LogP contribution in [0.3, 0.4) is 0 Å². The first-order valence-electron chi connectivity index (χ1n) is 11.1. The van der Waals surface area contributed by atoms with Gasteiger partial charge in [0.25, 0.3) is 11.9 Å². The first-order chi connectivity index (χ1) is 17.7. The molecule has 12 heteroatoms. The van der Waals surface area contributed by atoms with Crippen molar-refractivity contribution in [1.82, 2.24) is 25.3 Å². The van der Waals surface area contributed by atoms with Gasteiger partial charge >= 0.3 is 6.18 Å². The summed E-state index contributed by atoms with van der Waals surface area (Å²) in [5, 5.41) is 10.6. The normalized spacial score (nSPS) is 12.4. The highest BCUT2D eigenvalue weighted by Crippen LogP contribution is 2.29. The molecule has 0 bridgehead atoms. The van der Waals surface area contributed by atoms with Crippen molar-refractivity contribution in [3.8, 4) is 11.3 Å². The standard InChI is InChI=1S/C25H21F3N8O/c1-15(35-36-24-30-11-10-20(34-24)25(26,27)28)21-22(29)31-14-19(33-21)17-8-5-9-18(12-17)23(37)32-13-16-6-3-2-4-7-16/h2-12,14-15H,13H2,1H3,(H2,29,31)(H,32,37). The molecule has 0 aliphatic heterocycles. The number of halogens is 3.